The minimum absolute atomic E-state index is 0.000430. The molecule has 0 atom stereocenters. The number of aryl methyl sites for hydroxylation is 2. The molecule has 6 heteroatoms. The molecule has 0 aliphatic carbocycles. The zero-order valence-electron chi connectivity index (χ0n) is 17.1. The second-order valence-corrected chi connectivity index (χ2v) is 7.36. The molecule has 0 saturated carbocycles. The Hall–Kier alpha value is -2.99. The molecular weight excluding hydrogens is 371 g/mol. The van der Waals surface area contributed by atoms with Crippen LogP contribution in [0.2, 0.25) is 0 Å². The van der Waals surface area contributed by atoms with Gasteiger partial charge in [0, 0.05) is 5.69 Å². The third-order valence-electron chi connectivity index (χ3n) is 4.84. The van der Waals surface area contributed by atoms with Gasteiger partial charge in [-0.3, -0.25) is 14.5 Å². The number of imide groups is 1. The Labute approximate surface area is 170 Å². The molecule has 29 heavy (non-hydrogen) atoms. The van der Waals surface area contributed by atoms with E-state index in [4.69, 9.17) is 4.74 Å². The van der Waals surface area contributed by atoms with Crippen LogP contribution in [-0.4, -0.2) is 36.0 Å². The zero-order chi connectivity index (χ0) is 21.1. The molecule has 1 aliphatic rings. The Kier molecular flexibility index (Phi) is 6.13. The Morgan fingerprint density at radius 2 is 1.69 bits per heavy atom. The van der Waals surface area contributed by atoms with Gasteiger partial charge in [0.05, 0.1) is 24.8 Å². The molecule has 0 spiro atoms. The first-order valence-corrected chi connectivity index (χ1v) is 9.60. The molecule has 1 heterocycles. The summed E-state index contributed by atoms with van der Waals surface area (Å²) >= 11 is 0. The number of nitrogens with one attached hydrogen (secondary N) is 1. The highest BCUT2D eigenvalue weighted by molar-refractivity contribution is 6.36. The molecule has 5 nitrogen and oxygen atoms in total. The SMILES string of the molecule is Cc1ccc(NC2=C(c3ccc(F)cc3)C(=O)N(CCOC(C)C)C2=O)cc1C. The lowest BCUT2D eigenvalue weighted by atomic mass is 10.0. The van der Waals surface area contributed by atoms with Crippen molar-refractivity contribution in [2.75, 3.05) is 18.5 Å². The van der Waals surface area contributed by atoms with Crippen LogP contribution in [-0.2, 0) is 14.3 Å². The van der Waals surface area contributed by atoms with Crippen molar-refractivity contribution >= 4 is 23.1 Å². The topological polar surface area (TPSA) is 58.6 Å². The van der Waals surface area contributed by atoms with Gasteiger partial charge in [-0.25, -0.2) is 4.39 Å². The monoisotopic (exact) mass is 396 g/mol. The lowest BCUT2D eigenvalue weighted by molar-refractivity contribution is -0.137. The molecule has 0 fully saturated rings. The van der Waals surface area contributed by atoms with Gasteiger partial charge in [-0.2, -0.15) is 0 Å². The largest absolute Gasteiger partial charge is 0.377 e. The second kappa shape index (κ2) is 8.57. The number of anilines is 1. The summed E-state index contributed by atoms with van der Waals surface area (Å²) in [4.78, 5) is 27.3. The van der Waals surface area contributed by atoms with Gasteiger partial charge in [-0.1, -0.05) is 18.2 Å². The maximum atomic E-state index is 13.4. The van der Waals surface area contributed by atoms with E-state index in [0.717, 1.165) is 11.1 Å². The first-order valence-electron chi connectivity index (χ1n) is 9.60. The van der Waals surface area contributed by atoms with Crippen molar-refractivity contribution in [3.05, 3.63) is 70.7 Å². The maximum Gasteiger partial charge on any atom is 0.278 e. The number of hydrogen-bond acceptors (Lipinski definition) is 4. The predicted octanol–water partition coefficient (Wildman–Crippen LogP) is 4.06. The average Bonchev–Trinajstić information content (AvgIpc) is 2.89. The van der Waals surface area contributed by atoms with Crippen LogP contribution in [0.15, 0.2) is 48.2 Å². The molecule has 0 radical (unpaired) electrons. The number of carbonyl (C=O) groups excluding carboxylic acids is 2. The third kappa shape index (κ3) is 4.54. The van der Waals surface area contributed by atoms with Crippen molar-refractivity contribution in [2.24, 2.45) is 0 Å². The Morgan fingerprint density at radius 3 is 2.31 bits per heavy atom. The molecule has 2 amide bonds. The van der Waals surface area contributed by atoms with E-state index in [0.29, 0.717) is 11.3 Å². The van der Waals surface area contributed by atoms with E-state index in [1.807, 2.05) is 45.9 Å². The van der Waals surface area contributed by atoms with Crippen molar-refractivity contribution in [3.8, 4) is 0 Å². The molecule has 1 N–H and O–H groups in total. The number of hydrogen-bond donors (Lipinski definition) is 1. The number of nitrogens with zero attached hydrogens (tertiary/aromatic N) is 1. The van der Waals surface area contributed by atoms with Crippen molar-refractivity contribution in [1.82, 2.24) is 4.90 Å². The highest BCUT2D eigenvalue weighted by Crippen LogP contribution is 2.31. The lowest BCUT2D eigenvalue weighted by Gasteiger charge is -2.16. The smallest absolute Gasteiger partial charge is 0.278 e. The van der Waals surface area contributed by atoms with Crippen LogP contribution in [0.4, 0.5) is 10.1 Å². The van der Waals surface area contributed by atoms with Gasteiger partial charge in [-0.15, -0.1) is 0 Å². The standard InChI is InChI=1S/C23H25FN2O3/c1-14(2)29-12-11-26-22(27)20(17-6-8-18(24)9-7-17)21(23(26)28)25-19-10-5-15(3)16(4)13-19/h5-10,13-14,25H,11-12H2,1-4H3. The van der Waals surface area contributed by atoms with Gasteiger partial charge in [0.2, 0.25) is 0 Å². The van der Waals surface area contributed by atoms with Gasteiger partial charge in [0.1, 0.15) is 11.5 Å². The molecule has 2 aromatic carbocycles. The molecule has 0 saturated heterocycles. The first kappa shape index (κ1) is 20.7. The fraction of sp³-hybridized carbons (Fsp3) is 0.304. The summed E-state index contributed by atoms with van der Waals surface area (Å²) in [5, 5.41) is 3.11. The Morgan fingerprint density at radius 1 is 1.00 bits per heavy atom. The van der Waals surface area contributed by atoms with E-state index >= 15 is 0 Å². The van der Waals surface area contributed by atoms with Crippen molar-refractivity contribution in [3.63, 3.8) is 0 Å². The van der Waals surface area contributed by atoms with Crippen LogP contribution in [0.25, 0.3) is 5.57 Å². The van der Waals surface area contributed by atoms with E-state index in [2.05, 4.69) is 5.32 Å². The summed E-state index contributed by atoms with van der Waals surface area (Å²) in [5.74, 6) is -1.24. The van der Waals surface area contributed by atoms with Crippen molar-refractivity contribution in [2.45, 2.75) is 33.8 Å². The molecule has 0 bridgehead atoms. The minimum atomic E-state index is -0.417. The average molecular weight is 396 g/mol. The number of rotatable bonds is 7. The van der Waals surface area contributed by atoms with Crippen LogP contribution < -0.4 is 5.32 Å². The van der Waals surface area contributed by atoms with E-state index in [-0.39, 0.29) is 30.5 Å². The van der Waals surface area contributed by atoms with E-state index in [9.17, 15) is 14.0 Å². The predicted molar refractivity (Wildman–Crippen MR) is 111 cm³/mol. The molecule has 0 unspecified atom stereocenters. The summed E-state index contributed by atoms with van der Waals surface area (Å²) in [6.45, 7) is 8.17. The van der Waals surface area contributed by atoms with Crippen molar-refractivity contribution in [1.29, 1.82) is 0 Å². The van der Waals surface area contributed by atoms with Crippen molar-refractivity contribution < 1.29 is 18.7 Å². The van der Waals surface area contributed by atoms with Crippen LogP contribution in [0.5, 0.6) is 0 Å². The minimum Gasteiger partial charge on any atom is -0.377 e. The summed E-state index contributed by atoms with van der Waals surface area (Å²) in [6.07, 6.45) is 0.000430. The van der Waals surface area contributed by atoms with Gasteiger partial charge >= 0.3 is 0 Å². The summed E-state index contributed by atoms with van der Waals surface area (Å²) in [7, 11) is 0. The molecule has 3 rings (SSSR count). The van der Waals surface area contributed by atoms with E-state index in [1.54, 1.807) is 0 Å². The van der Waals surface area contributed by atoms with Crippen LogP contribution in [0.3, 0.4) is 0 Å². The Balaban J connectivity index is 1.97. The second-order valence-electron chi connectivity index (χ2n) is 7.36. The van der Waals surface area contributed by atoms with E-state index < -0.39 is 17.6 Å². The van der Waals surface area contributed by atoms with Gasteiger partial charge in [0.15, 0.2) is 0 Å². The normalized spacial score (nSPS) is 14.3. The van der Waals surface area contributed by atoms with Crippen LogP contribution in [0.1, 0.15) is 30.5 Å². The number of benzene rings is 2. The highest BCUT2D eigenvalue weighted by atomic mass is 19.1. The Bertz CT molecular complexity index is 965. The van der Waals surface area contributed by atoms with E-state index in [1.165, 1.54) is 29.2 Å². The molecule has 2 aromatic rings. The first-order chi connectivity index (χ1) is 13.8. The number of amides is 2. The molecular formula is C23H25FN2O3. The van der Waals surface area contributed by atoms with Gasteiger partial charge < -0.3 is 10.1 Å². The number of carbonyl (C=O) groups is 2. The summed E-state index contributed by atoms with van der Waals surface area (Å²) in [6, 6.07) is 11.3. The molecule has 152 valence electrons. The molecule has 0 aromatic heterocycles. The number of ether oxygens (including phenoxy) is 1. The quantitative estimate of drug-likeness (QED) is 0.717. The fourth-order valence-corrected chi connectivity index (χ4v) is 3.12. The maximum absolute atomic E-state index is 13.4. The number of halogens is 1. The van der Waals surface area contributed by atoms with Crippen LogP contribution >= 0.6 is 0 Å². The van der Waals surface area contributed by atoms with Crippen LogP contribution in [0, 0.1) is 19.7 Å². The zero-order valence-corrected chi connectivity index (χ0v) is 17.1. The molecule has 1 aliphatic heterocycles. The highest BCUT2D eigenvalue weighted by Gasteiger charge is 2.39. The van der Waals surface area contributed by atoms with Gasteiger partial charge in [-0.05, 0) is 68.7 Å². The summed E-state index contributed by atoms with van der Waals surface area (Å²) in [5.41, 5.74) is 3.82. The summed E-state index contributed by atoms with van der Waals surface area (Å²) < 4.78 is 18.9. The third-order valence-corrected chi connectivity index (χ3v) is 4.84. The fourth-order valence-electron chi connectivity index (χ4n) is 3.12. The lowest BCUT2D eigenvalue weighted by Crippen LogP contribution is -2.35. The van der Waals surface area contributed by atoms with Gasteiger partial charge in [0.25, 0.3) is 11.8 Å².